The highest BCUT2D eigenvalue weighted by Crippen LogP contribution is 2.28. The number of thiazole rings is 1. The largest absolute Gasteiger partial charge is 0.354 e. The monoisotopic (exact) mass is 472 g/mol. The van der Waals surface area contributed by atoms with Crippen LogP contribution in [0.1, 0.15) is 35.7 Å². The summed E-state index contributed by atoms with van der Waals surface area (Å²) in [6, 6.07) is 11.8. The number of fused-ring (bicyclic) bond motifs is 1. The molecule has 4 rings (SSSR count). The van der Waals surface area contributed by atoms with Gasteiger partial charge in [-0.3, -0.25) is 14.9 Å². The minimum Gasteiger partial charge on any atom is -0.354 e. The molecule has 2 aromatic carbocycles. The van der Waals surface area contributed by atoms with Crippen LogP contribution in [0.15, 0.2) is 47.4 Å². The molecule has 2 N–H and O–H groups in total. The van der Waals surface area contributed by atoms with Crippen molar-refractivity contribution in [1.82, 2.24) is 14.6 Å². The number of aromatic nitrogens is 1. The number of amides is 2. The molecule has 2 heterocycles. The molecule has 2 amide bonds. The third-order valence-corrected chi connectivity index (χ3v) is 8.04. The normalized spacial score (nSPS) is 15.0. The van der Waals surface area contributed by atoms with E-state index < -0.39 is 10.0 Å². The van der Waals surface area contributed by atoms with Gasteiger partial charge >= 0.3 is 0 Å². The second kappa shape index (κ2) is 9.35. The fraction of sp³-hybridized carbons (Fsp3) is 0.318. The van der Waals surface area contributed by atoms with Gasteiger partial charge in [0.25, 0.3) is 5.91 Å². The smallest absolute Gasteiger partial charge is 0.257 e. The molecule has 32 heavy (non-hydrogen) atoms. The second-order valence-electron chi connectivity index (χ2n) is 7.59. The highest BCUT2D eigenvalue weighted by atomic mass is 32.2. The molecule has 0 radical (unpaired) electrons. The Hall–Kier alpha value is -2.82. The van der Waals surface area contributed by atoms with Crippen molar-refractivity contribution in [2.45, 2.75) is 31.1 Å². The summed E-state index contributed by atoms with van der Waals surface area (Å²) >= 11 is 1.41. The van der Waals surface area contributed by atoms with E-state index in [0.29, 0.717) is 10.7 Å². The minimum atomic E-state index is -3.79. The van der Waals surface area contributed by atoms with Crippen LogP contribution >= 0.6 is 11.3 Å². The molecule has 168 valence electrons. The number of sulfonamides is 1. The van der Waals surface area contributed by atoms with Gasteiger partial charge in [-0.25, -0.2) is 13.4 Å². The number of benzene rings is 2. The number of unbranched alkanes of at least 4 members (excludes halogenated alkanes) is 1. The number of hydrogen-bond donors (Lipinski definition) is 2. The van der Waals surface area contributed by atoms with Crippen molar-refractivity contribution < 1.29 is 18.0 Å². The zero-order valence-corrected chi connectivity index (χ0v) is 19.3. The topological polar surface area (TPSA) is 108 Å². The Balaban J connectivity index is 1.46. The van der Waals surface area contributed by atoms with Crippen LogP contribution in [-0.2, 0) is 21.2 Å². The molecule has 0 spiro atoms. The summed E-state index contributed by atoms with van der Waals surface area (Å²) in [5.41, 5.74) is 2.41. The van der Waals surface area contributed by atoms with Gasteiger partial charge in [0, 0.05) is 18.7 Å². The Morgan fingerprint density at radius 1 is 1.22 bits per heavy atom. The van der Waals surface area contributed by atoms with E-state index >= 15 is 0 Å². The molecule has 0 atom stereocenters. The van der Waals surface area contributed by atoms with Crippen LogP contribution < -0.4 is 10.6 Å². The van der Waals surface area contributed by atoms with E-state index in [1.54, 1.807) is 0 Å². The van der Waals surface area contributed by atoms with Crippen molar-refractivity contribution in [3.63, 3.8) is 0 Å². The Kier molecular flexibility index (Phi) is 6.54. The highest BCUT2D eigenvalue weighted by Gasteiger charge is 2.29. The first-order chi connectivity index (χ1) is 15.4. The van der Waals surface area contributed by atoms with Gasteiger partial charge in [0.2, 0.25) is 15.9 Å². The molecule has 1 aliphatic rings. The van der Waals surface area contributed by atoms with Crippen LogP contribution in [0.3, 0.4) is 0 Å². The van der Waals surface area contributed by atoms with E-state index in [2.05, 4.69) is 34.7 Å². The van der Waals surface area contributed by atoms with Gasteiger partial charge in [-0.15, -0.1) is 0 Å². The lowest BCUT2D eigenvalue weighted by Crippen LogP contribution is -2.49. The quantitative estimate of drug-likeness (QED) is 0.550. The fourth-order valence-corrected chi connectivity index (χ4v) is 5.80. The Morgan fingerprint density at radius 2 is 2.00 bits per heavy atom. The van der Waals surface area contributed by atoms with Crippen LogP contribution in [0.4, 0.5) is 5.13 Å². The number of rotatable bonds is 7. The Morgan fingerprint density at radius 3 is 2.72 bits per heavy atom. The summed E-state index contributed by atoms with van der Waals surface area (Å²) in [4.78, 5) is 28.7. The van der Waals surface area contributed by atoms with Crippen molar-refractivity contribution in [1.29, 1.82) is 0 Å². The van der Waals surface area contributed by atoms with Crippen LogP contribution in [-0.4, -0.2) is 49.2 Å². The SMILES string of the molecule is CCCCc1ccc2nc(NC(=O)c3ccc(S(=O)(=O)N4CCNC(=O)C4)cc3)sc2c1. The third kappa shape index (κ3) is 4.82. The maximum Gasteiger partial charge on any atom is 0.257 e. The molecule has 1 saturated heterocycles. The van der Waals surface area contributed by atoms with E-state index in [0.717, 1.165) is 33.8 Å². The lowest BCUT2D eigenvalue weighted by Gasteiger charge is -2.25. The molecule has 1 fully saturated rings. The Bertz CT molecular complexity index is 1250. The van der Waals surface area contributed by atoms with Crippen molar-refractivity contribution in [3.05, 3.63) is 53.6 Å². The Labute approximate surface area is 190 Å². The summed E-state index contributed by atoms with van der Waals surface area (Å²) in [5.74, 6) is -0.694. The van der Waals surface area contributed by atoms with Gasteiger partial charge in [0.05, 0.1) is 21.7 Å². The standard InChI is InChI=1S/C22H24N4O4S2/c1-2-3-4-15-5-10-18-19(13-15)31-22(24-18)25-21(28)16-6-8-17(9-7-16)32(29,30)26-12-11-23-20(27)14-26/h5-10,13H,2-4,11-12,14H2,1H3,(H,23,27)(H,24,25,28). The van der Waals surface area contributed by atoms with Crippen molar-refractivity contribution in [2.24, 2.45) is 0 Å². The van der Waals surface area contributed by atoms with Crippen molar-refractivity contribution >= 4 is 48.5 Å². The van der Waals surface area contributed by atoms with E-state index in [9.17, 15) is 18.0 Å². The summed E-state index contributed by atoms with van der Waals surface area (Å²) in [6.45, 7) is 2.45. The van der Waals surface area contributed by atoms with Crippen molar-refractivity contribution in [2.75, 3.05) is 25.0 Å². The van der Waals surface area contributed by atoms with Gasteiger partial charge in [0.1, 0.15) is 0 Å². The molecule has 3 aromatic rings. The zero-order valence-electron chi connectivity index (χ0n) is 17.6. The van der Waals surface area contributed by atoms with Gasteiger partial charge in [-0.2, -0.15) is 4.31 Å². The molecular formula is C22H24N4O4S2. The fourth-order valence-electron chi connectivity index (χ4n) is 3.48. The highest BCUT2D eigenvalue weighted by molar-refractivity contribution is 7.89. The van der Waals surface area contributed by atoms with E-state index in [-0.39, 0.29) is 36.3 Å². The molecule has 1 aliphatic heterocycles. The first-order valence-corrected chi connectivity index (χ1v) is 12.7. The average molecular weight is 473 g/mol. The maximum absolute atomic E-state index is 12.7. The summed E-state index contributed by atoms with van der Waals surface area (Å²) in [6.07, 6.45) is 3.28. The van der Waals surface area contributed by atoms with Gasteiger partial charge < -0.3 is 5.32 Å². The summed E-state index contributed by atoms with van der Waals surface area (Å²) in [7, 11) is -3.79. The molecule has 0 saturated carbocycles. The lowest BCUT2D eigenvalue weighted by atomic mass is 10.1. The average Bonchev–Trinajstić information content (AvgIpc) is 3.19. The minimum absolute atomic E-state index is 0.0448. The maximum atomic E-state index is 12.7. The van der Waals surface area contributed by atoms with Gasteiger partial charge in [-0.05, 0) is 54.8 Å². The molecule has 0 unspecified atom stereocenters. The lowest BCUT2D eigenvalue weighted by molar-refractivity contribution is -0.122. The van der Waals surface area contributed by atoms with Crippen molar-refractivity contribution in [3.8, 4) is 0 Å². The van der Waals surface area contributed by atoms with E-state index in [1.165, 1.54) is 41.2 Å². The predicted molar refractivity (Wildman–Crippen MR) is 124 cm³/mol. The van der Waals surface area contributed by atoms with Crippen LogP contribution in [0.25, 0.3) is 10.2 Å². The number of carbonyl (C=O) groups excluding carboxylic acids is 2. The molecule has 0 bridgehead atoms. The molecule has 10 heteroatoms. The number of hydrogen-bond acceptors (Lipinski definition) is 6. The molecule has 8 nitrogen and oxygen atoms in total. The predicted octanol–water partition coefficient (Wildman–Crippen LogP) is 3.01. The van der Waals surface area contributed by atoms with Crippen LogP contribution in [0.2, 0.25) is 0 Å². The van der Waals surface area contributed by atoms with Gasteiger partial charge in [-0.1, -0.05) is 30.7 Å². The van der Waals surface area contributed by atoms with Crippen LogP contribution in [0, 0.1) is 0 Å². The third-order valence-electron chi connectivity index (χ3n) is 5.25. The molecule has 0 aliphatic carbocycles. The number of piperazine rings is 1. The number of anilines is 1. The first kappa shape index (κ1) is 22.4. The first-order valence-electron chi connectivity index (χ1n) is 10.4. The zero-order chi connectivity index (χ0) is 22.7. The van der Waals surface area contributed by atoms with E-state index in [1.807, 2.05) is 6.07 Å². The molecular weight excluding hydrogens is 448 g/mol. The second-order valence-corrected chi connectivity index (χ2v) is 10.6. The number of nitrogens with one attached hydrogen (secondary N) is 2. The summed E-state index contributed by atoms with van der Waals surface area (Å²) < 4.78 is 27.6. The summed E-state index contributed by atoms with van der Waals surface area (Å²) in [5, 5.41) is 5.89. The number of carbonyl (C=O) groups is 2. The molecule has 1 aromatic heterocycles. The van der Waals surface area contributed by atoms with Gasteiger partial charge in [0.15, 0.2) is 5.13 Å². The van der Waals surface area contributed by atoms with E-state index in [4.69, 9.17) is 0 Å². The van der Waals surface area contributed by atoms with Crippen LogP contribution in [0.5, 0.6) is 0 Å². The number of nitrogens with zero attached hydrogens (tertiary/aromatic N) is 2. The number of aryl methyl sites for hydroxylation is 1.